The summed E-state index contributed by atoms with van der Waals surface area (Å²) in [6.45, 7) is 7.98. The Kier molecular flexibility index (Phi) is 10.0. The fraction of sp³-hybridized carbons (Fsp3) is 0.444. The van der Waals surface area contributed by atoms with Crippen LogP contribution in [0.25, 0.3) is 0 Å². The summed E-state index contributed by atoms with van der Waals surface area (Å²) in [7, 11) is 0. The van der Waals surface area contributed by atoms with E-state index >= 15 is 0 Å². The molecule has 4 nitrogen and oxygen atoms in total. The van der Waals surface area contributed by atoms with E-state index in [0.717, 1.165) is 23.3 Å². The van der Waals surface area contributed by atoms with Gasteiger partial charge in [-0.1, -0.05) is 13.8 Å². The zero-order valence-corrected chi connectivity index (χ0v) is 18.3. The number of thiazole rings is 1. The van der Waals surface area contributed by atoms with Gasteiger partial charge in [-0.05, 0) is 37.0 Å². The van der Waals surface area contributed by atoms with Crippen molar-refractivity contribution in [3.05, 3.63) is 51.5 Å². The Labute approximate surface area is 174 Å². The molecule has 1 aromatic heterocycles. The van der Waals surface area contributed by atoms with Crippen LogP contribution in [-0.4, -0.2) is 24.0 Å². The molecule has 0 aliphatic carbocycles. The third kappa shape index (κ3) is 7.53. The lowest BCUT2D eigenvalue weighted by atomic mass is 10.1. The number of guanidine groups is 1. The lowest BCUT2D eigenvalue weighted by Crippen LogP contribution is -2.38. The van der Waals surface area contributed by atoms with Crippen LogP contribution in [0.5, 0.6) is 0 Å². The molecule has 0 amide bonds. The van der Waals surface area contributed by atoms with Crippen LogP contribution in [0.1, 0.15) is 43.0 Å². The van der Waals surface area contributed by atoms with Crippen LogP contribution in [0.2, 0.25) is 0 Å². The first-order valence-electron chi connectivity index (χ1n) is 8.39. The second-order valence-corrected chi connectivity index (χ2v) is 6.91. The molecule has 0 unspecified atom stereocenters. The third-order valence-electron chi connectivity index (χ3n) is 3.51. The lowest BCUT2D eigenvalue weighted by molar-refractivity contribution is 0.579. The van der Waals surface area contributed by atoms with Crippen molar-refractivity contribution >= 4 is 41.3 Å². The summed E-state index contributed by atoms with van der Waals surface area (Å²) < 4.78 is 26.4. The summed E-state index contributed by atoms with van der Waals surface area (Å²) in [6, 6.07) is 3.57. The van der Waals surface area contributed by atoms with E-state index in [9.17, 15) is 8.78 Å². The molecule has 0 atom stereocenters. The van der Waals surface area contributed by atoms with Gasteiger partial charge in [-0.2, -0.15) is 0 Å². The highest BCUT2D eigenvalue weighted by Crippen LogP contribution is 2.18. The van der Waals surface area contributed by atoms with Crippen LogP contribution in [-0.2, 0) is 13.0 Å². The van der Waals surface area contributed by atoms with Gasteiger partial charge in [0.15, 0.2) is 5.96 Å². The van der Waals surface area contributed by atoms with Gasteiger partial charge in [-0.3, -0.25) is 0 Å². The number of rotatable bonds is 7. The molecular formula is C18H25F2IN4S. The Bertz CT molecular complexity index is 699. The number of benzene rings is 1. The van der Waals surface area contributed by atoms with E-state index in [1.54, 1.807) is 11.3 Å². The standard InChI is InChI=1S/C18H24F2N4S.HI/c1-4-21-18(23-10-17-24-16(11-25-17)12(2)3)22-6-5-13-7-14(19)9-15(20)8-13;/h7-9,11-12H,4-6,10H2,1-3H3,(H2,21,22,23);1H. The number of nitrogens with zero attached hydrogens (tertiary/aromatic N) is 2. The molecule has 26 heavy (non-hydrogen) atoms. The second-order valence-electron chi connectivity index (χ2n) is 5.97. The topological polar surface area (TPSA) is 49.3 Å². The largest absolute Gasteiger partial charge is 0.357 e. The SMILES string of the molecule is CCNC(=NCc1nc(C(C)C)cs1)NCCc1cc(F)cc(F)c1.I. The summed E-state index contributed by atoms with van der Waals surface area (Å²) in [5.74, 6) is -0.0340. The number of aliphatic imine (C=N–C) groups is 1. The van der Waals surface area contributed by atoms with Crippen molar-refractivity contribution in [1.82, 2.24) is 15.6 Å². The molecule has 0 spiro atoms. The molecule has 2 N–H and O–H groups in total. The average Bonchev–Trinajstić information content (AvgIpc) is 3.01. The monoisotopic (exact) mass is 494 g/mol. The van der Waals surface area contributed by atoms with E-state index in [-0.39, 0.29) is 24.0 Å². The number of nitrogens with one attached hydrogen (secondary N) is 2. The normalized spacial score (nSPS) is 11.4. The van der Waals surface area contributed by atoms with E-state index in [1.807, 2.05) is 6.92 Å². The maximum Gasteiger partial charge on any atom is 0.191 e. The Morgan fingerprint density at radius 1 is 1.19 bits per heavy atom. The van der Waals surface area contributed by atoms with Crippen LogP contribution in [0.3, 0.4) is 0 Å². The highest BCUT2D eigenvalue weighted by molar-refractivity contribution is 14.0. The van der Waals surface area contributed by atoms with Crippen LogP contribution in [0, 0.1) is 11.6 Å². The molecule has 2 aromatic rings. The highest BCUT2D eigenvalue weighted by atomic mass is 127. The van der Waals surface area contributed by atoms with Gasteiger partial charge in [0.1, 0.15) is 16.6 Å². The van der Waals surface area contributed by atoms with Gasteiger partial charge in [0.25, 0.3) is 0 Å². The summed E-state index contributed by atoms with van der Waals surface area (Å²) in [4.78, 5) is 9.08. The van der Waals surface area contributed by atoms with Gasteiger partial charge >= 0.3 is 0 Å². The molecule has 1 aromatic carbocycles. The Morgan fingerprint density at radius 2 is 1.88 bits per heavy atom. The smallest absolute Gasteiger partial charge is 0.191 e. The first-order valence-corrected chi connectivity index (χ1v) is 9.27. The molecule has 0 saturated carbocycles. The van der Waals surface area contributed by atoms with Crippen LogP contribution in [0.15, 0.2) is 28.6 Å². The minimum atomic E-state index is -0.555. The molecule has 0 radical (unpaired) electrons. The number of halogens is 3. The molecule has 0 aliphatic heterocycles. The quantitative estimate of drug-likeness (QED) is 0.340. The molecule has 8 heteroatoms. The van der Waals surface area contributed by atoms with E-state index in [4.69, 9.17) is 0 Å². The average molecular weight is 494 g/mol. The number of hydrogen-bond donors (Lipinski definition) is 2. The Hall–Kier alpha value is -1.29. The van der Waals surface area contributed by atoms with Gasteiger partial charge in [0.05, 0.1) is 12.2 Å². The van der Waals surface area contributed by atoms with Crippen molar-refractivity contribution in [2.45, 2.75) is 39.7 Å². The molecule has 0 aliphatic rings. The predicted octanol–water partition coefficient (Wildman–Crippen LogP) is 4.46. The van der Waals surface area contributed by atoms with Crippen LogP contribution in [0.4, 0.5) is 8.78 Å². The van der Waals surface area contributed by atoms with E-state index in [1.165, 1.54) is 12.1 Å². The molecule has 2 rings (SSSR count). The van der Waals surface area contributed by atoms with Crippen molar-refractivity contribution in [1.29, 1.82) is 0 Å². The lowest BCUT2D eigenvalue weighted by Gasteiger charge is -2.11. The molecule has 1 heterocycles. The van der Waals surface area contributed by atoms with Crippen LogP contribution < -0.4 is 10.6 Å². The summed E-state index contributed by atoms with van der Waals surface area (Å²) in [5, 5.41) is 9.37. The van der Waals surface area contributed by atoms with E-state index in [0.29, 0.717) is 37.0 Å². The Morgan fingerprint density at radius 3 is 2.46 bits per heavy atom. The number of hydrogen-bond acceptors (Lipinski definition) is 3. The van der Waals surface area contributed by atoms with E-state index in [2.05, 4.69) is 39.8 Å². The van der Waals surface area contributed by atoms with Gasteiger partial charge in [0.2, 0.25) is 0 Å². The molecule has 0 bridgehead atoms. The van der Waals surface area contributed by atoms with Crippen molar-refractivity contribution < 1.29 is 8.78 Å². The second kappa shape index (κ2) is 11.4. The van der Waals surface area contributed by atoms with Gasteiger partial charge in [-0.15, -0.1) is 35.3 Å². The van der Waals surface area contributed by atoms with Gasteiger partial charge in [0, 0.05) is 24.5 Å². The molecule has 144 valence electrons. The molecule has 0 saturated heterocycles. The Balaban J connectivity index is 0.00000338. The van der Waals surface area contributed by atoms with Crippen molar-refractivity contribution in [3.63, 3.8) is 0 Å². The molecule has 0 fully saturated rings. The van der Waals surface area contributed by atoms with Crippen molar-refractivity contribution in [3.8, 4) is 0 Å². The minimum absolute atomic E-state index is 0. The maximum atomic E-state index is 13.2. The summed E-state index contributed by atoms with van der Waals surface area (Å²) in [6.07, 6.45) is 0.508. The fourth-order valence-electron chi connectivity index (χ4n) is 2.23. The maximum absolute atomic E-state index is 13.2. The first kappa shape index (κ1) is 22.8. The highest BCUT2D eigenvalue weighted by Gasteiger charge is 2.06. The predicted molar refractivity (Wildman–Crippen MR) is 114 cm³/mol. The van der Waals surface area contributed by atoms with Crippen molar-refractivity contribution in [2.75, 3.05) is 13.1 Å². The third-order valence-corrected chi connectivity index (χ3v) is 4.36. The first-order chi connectivity index (χ1) is 12.0. The van der Waals surface area contributed by atoms with Gasteiger partial charge in [-0.25, -0.2) is 18.8 Å². The summed E-state index contributed by atoms with van der Waals surface area (Å²) in [5.41, 5.74) is 1.70. The van der Waals surface area contributed by atoms with E-state index < -0.39 is 11.6 Å². The van der Waals surface area contributed by atoms with Crippen LogP contribution >= 0.6 is 35.3 Å². The number of aromatic nitrogens is 1. The van der Waals surface area contributed by atoms with Crippen molar-refractivity contribution in [2.24, 2.45) is 4.99 Å². The minimum Gasteiger partial charge on any atom is -0.357 e. The molecular weight excluding hydrogens is 469 g/mol. The fourth-order valence-corrected chi connectivity index (χ4v) is 3.11. The zero-order chi connectivity index (χ0) is 18.2. The van der Waals surface area contributed by atoms with Gasteiger partial charge < -0.3 is 10.6 Å². The zero-order valence-electron chi connectivity index (χ0n) is 15.2. The summed E-state index contributed by atoms with van der Waals surface area (Å²) >= 11 is 1.60.